The van der Waals surface area contributed by atoms with E-state index in [1.807, 2.05) is 41.5 Å². The lowest BCUT2D eigenvalue weighted by Gasteiger charge is -2.07. The zero-order valence-corrected chi connectivity index (χ0v) is 20.5. The Kier molecular flexibility index (Phi) is 14.0. The molecule has 2 aromatic heterocycles. The highest BCUT2D eigenvalue weighted by Crippen LogP contribution is 2.18. The molecular formula is C23H37N5O4. The van der Waals surface area contributed by atoms with E-state index in [0.29, 0.717) is 23.3 Å². The van der Waals surface area contributed by atoms with E-state index in [2.05, 4.69) is 15.0 Å². The van der Waals surface area contributed by atoms with Gasteiger partial charge in [-0.05, 0) is 12.5 Å². The Hall–Kier alpha value is -3.20. The minimum Gasteiger partial charge on any atom is -0.461 e. The van der Waals surface area contributed by atoms with E-state index in [-0.39, 0.29) is 36.5 Å². The third-order valence-electron chi connectivity index (χ3n) is 3.85. The van der Waals surface area contributed by atoms with Crippen LogP contribution < -0.4 is 16.2 Å². The Bertz CT molecular complexity index is 994. The van der Waals surface area contributed by atoms with E-state index in [1.54, 1.807) is 31.4 Å². The van der Waals surface area contributed by atoms with Crippen molar-refractivity contribution in [2.24, 2.45) is 0 Å². The van der Waals surface area contributed by atoms with Gasteiger partial charge in [0.1, 0.15) is 12.1 Å². The first-order valence-corrected chi connectivity index (χ1v) is 11.0. The summed E-state index contributed by atoms with van der Waals surface area (Å²) in [6, 6.07) is 7.11. The van der Waals surface area contributed by atoms with Crippen molar-refractivity contribution in [2.45, 2.75) is 55.0 Å². The van der Waals surface area contributed by atoms with E-state index in [9.17, 15) is 9.59 Å². The van der Waals surface area contributed by atoms with Gasteiger partial charge >= 0.3 is 11.7 Å². The average molecular weight is 448 g/mol. The number of methoxy groups -OCH3 is 1. The van der Waals surface area contributed by atoms with Crippen molar-refractivity contribution in [3.63, 3.8) is 0 Å². The zero-order valence-electron chi connectivity index (χ0n) is 20.5. The molecule has 3 rings (SSSR count). The summed E-state index contributed by atoms with van der Waals surface area (Å²) in [7, 11) is 1.56. The topological polar surface area (TPSA) is 125 Å². The first-order chi connectivity index (χ1) is 15.5. The Labute approximate surface area is 190 Å². The number of ketones is 1. The van der Waals surface area contributed by atoms with Crippen LogP contribution in [-0.2, 0) is 11.3 Å². The summed E-state index contributed by atoms with van der Waals surface area (Å²) in [6.45, 7) is 14.4. The predicted molar refractivity (Wildman–Crippen MR) is 130 cm³/mol. The number of benzene rings is 1. The maximum absolute atomic E-state index is 12.3. The van der Waals surface area contributed by atoms with Crippen molar-refractivity contribution >= 4 is 22.8 Å². The number of nitrogens with one attached hydrogen (secondary N) is 1. The number of aromatic amines is 1. The molecule has 0 spiro atoms. The number of carbonyl (C=O) groups is 1. The van der Waals surface area contributed by atoms with Crippen LogP contribution in [-0.4, -0.2) is 45.6 Å². The van der Waals surface area contributed by atoms with Gasteiger partial charge in [-0.1, -0.05) is 65.8 Å². The average Bonchev–Trinajstić information content (AvgIpc) is 3.14. The Morgan fingerprint density at radius 3 is 2.16 bits per heavy atom. The summed E-state index contributed by atoms with van der Waals surface area (Å²) in [6.07, 6.45) is 0. The second-order valence-electron chi connectivity index (χ2n) is 5.70. The molecule has 0 radical (unpaired) electrons. The normalized spacial score (nSPS) is 9.50. The van der Waals surface area contributed by atoms with Crippen LogP contribution in [0.15, 0.2) is 29.1 Å². The fourth-order valence-electron chi connectivity index (χ4n) is 2.49. The van der Waals surface area contributed by atoms with Gasteiger partial charge in [0.15, 0.2) is 17.2 Å². The number of fused-ring (bicyclic) bond motifs is 1. The molecule has 0 aliphatic rings. The van der Waals surface area contributed by atoms with Gasteiger partial charge in [0, 0.05) is 12.7 Å². The first kappa shape index (κ1) is 28.8. The number of nitrogens with two attached hydrogens (primary N) is 1. The van der Waals surface area contributed by atoms with Crippen LogP contribution in [0.4, 0.5) is 5.82 Å². The van der Waals surface area contributed by atoms with Crippen LogP contribution in [0, 0.1) is 0 Å². The summed E-state index contributed by atoms with van der Waals surface area (Å²) < 4.78 is 11.8. The van der Waals surface area contributed by atoms with Gasteiger partial charge in [-0.15, -0.1) is 0 Å². The molecule has 3 aromatic rings. The van der Waals surface area contributed by atoms with Gasteiger partial charge in [-0.25, -0.2) is 4.79 Å². The molecule has 0 aliphatic heterocycles. The maximum Gasteiger partial charge on any atom is 0.328 e. The van der Waals surface area contributed by atoms with Gasteiger partial charge in [-0.2, -0.15) is 9.97 Å². The largest absolute Gasteiger partial charge is 0.461 e. The first-order valence-electron chi connectivity index (χ1n) is 11.0. The van der Waals surface area contributed by atoms with Crippen molar-refractivity contribution in [1.82, 2.24) is 19.5 Å². The zero-order chi connectivity index (χ0) is 24.7. The van der Waals surface area contributed by atoms with Gasteiger partial charge < -0.3 is 20.2 Å². The van der Waals surface area contributed by atoms with Gasteiger partial charge in [-0.3, -0.25) is 9.36 Å². The van der Waals surface area contributed by atoms with E-state index in [0.717, 1.165) is 5.56 Å². The van der Waals surface area contributed by atoms with Crippen molar-refractivity contribution in [3.8, 4) is 6.01 Å². The van der Waals surface area contributed by atoms with Crippen molar-refractivity contribution < 1.29 is 14.3 Å². The molecule has 0 fully saturated rings. The summed E-state index contributed by atoms with van der Waals surface area (Å²) in [5.74, 6) is 0.115. The van der Waals surface area contributed by atoms with Gasteiger partial charge in [0.25, 0.3) is 0 Å². The number of nitrogens with zero attached hydrogens (tertiary/aromatic N) is 3. The number of Topliss-reactive ketones (excluding diaryl/α,β-unsaturated/α-hetero) is 1. The molecule has 0 atom stereocenters. The molecule has 0 aliphatic carbocycles. The smallest absolute Gasteiger partial charge is 0.328 e. The minimum absolute atomic E-state index is 0.0147. The molecule has 0 bridgehead atoms. The highest BCUT2D eigenvalue weighted by Gasteiger charge is 2.15. The van der Waals surface area contributed by atoms with Crippen LogP contribution >= 0.6 is 0 Å². The summed E-state index contributed by atoms with van der Waals surface area (Å²) in [5.41, 5.74) is 7.72. The Balaban J connectivity index is 0.00000148. The fourth-order valence-corrected chi connectivity index (χ4v) is 2.49. The van der Waals surface area contributed by atoms with Crippen molar-refractivity contribution in [2.75, 3.05) is 26.1 Å². The Morgan fingerprint density at radius 1 is 1.03 bits per heavy atom. The lowest BCUT2D eigenvalue weighted by atomic mass is 10.1. The number of nitrogen functional groups attached to an aromatic ring is 1. The number of rotatable bonds is 7. The van der Waals surface area contributed by atoms with E-state index >= 15 is 0 Å². The van der Waals surface area contributed by atoms with E-state index < -0.39 is 0 Å². The summed E-state index contributed by atoms with van der Waals surface area (Å²) in [4.78, 5) is 34.7. The number of imidazole rings is 1. The number of ether oxygens (including phenoxy) is 2. The monoisotopic (exact) mass is 447 g/mol. The highest BCUT2D eigenvalue weighted by molar-refractivity contribution is 5.94. The van der Waals surface area contributed by atoms with Crippen LogP contribution in [0.5, 0.6) is 6.01 Å². The predicted octanol–water partition coefficient (Wildman–Crippen LogP) is 4.06. The second kappa shape index (κ2) is 15.6. The summed E-state index contributed by atoms with van der Waals surface area (Å²) >= 11 is 0. The van der Waals surface area contributed by atoms with Crippen molar-refractivity contribution in [3.05, 3.63) is 45.9 Å². The molecule has 0 unspecified atom stereocenters. The molecule has 32 heavy (non-hydrogen) atoms. The van der Waals surface area contributed by atoms with E-state index in [1.165, 1.54) is 11.5 Å². The molecule has 9 nitrogen and oxygen atoms in total. The Morgan fingerprint density at radius 2 is 1.62 bits per heavy atom. The summed E-state index contributed by atoms with van der Waals surface area (Å²) in [5, 5.41) is 0. The van der Waals surface area contributed by atoms with Gasteiger partial charge in [0.2, 0.25) is 0 Å². The quantitative estimate of drug-likeness (QED) is 0.413. The number of carbonyl (C=O) groups excluding carboxylic acids is 1. The molecule has 0 saturated carbocycles. The van der Waals surface area contributed by atoms with Crippen molar-refractivity contribution in [1.29, 1.82) is 0 Å². The molecule has 0 saturated heterocycles. The third-order valence-corrected chi connectivity index (χ3v) is 3.85. The second-order valence-corrected chi connectivity index (χ2v) is 5.70. The molecule has 1 aromatic carbocycles. The SMILES string of the molecule is CC.CC.CC.COCCOc1nc(N)c2[nH]c(=O)n(Cc3ccc(C(C)=O)cc3)c2n1. The van der Waals surface area contributed by atoms with Crippen LogP contribution in [0.1, 0.15) is 64.4 Å². The highest BCUT2D eigenvalue weighted by atomic mass is 16.5. The number of anilines is 1. The van der Waals surface area contributed by atoms with Crippen LogP contribution in [0.2, 0.25) is 0 Å². The van der Waals surface area contributed by atoms with E-state index in [4.69, 9.17) is 15.2 Å². The number of H-pyrrole nitrogens is 1. The molecule has 9 heteroatoms. The van der Waals surface area contributed by atoms with Gasteiger partial charge in [0.05, 0.1) is 13.2 Å². The number of hydrogen-bond donors (Lipinski definition) is 2. The third kappa shape index (κ3) is 7.81. The standard InChI is InChI=1S/C17H19N5O4.3C2H6/c1-10(23)12-5-3-11(4-6-12)9-22-15-13(19-17(22)24)14(18)20-16(21-15)26-8-7-25-2;3*1-2/h3-6H,7-9H2,1-2H3,(H,19,24)(H2,18,20,21);3*1-2H3. The number of aromatic nitrogens is 4. The molecule has 3 N–H and O–H groups in total. The maximum atomic E-state index is 12.3. The number of hydrogen-bond acceptors (Lipinski definition) is 7. The molecular weight excluding hydrogens is 410 g/mol. The fraction of sp³-hybridized carbons (Fsp3) is 0.478. The minimum atomic E-state index is -0.356. The van der Waals surface area contributed by atoms with Crippen LogP contribution in [0.3, 0.4) is 0 Å². The van der Waals surface area contributed by atoms with Crippen LogP contribution in [0.25, 0.3) is 11.2 Å². The molecule has 178 valence electrons. The molecule has 0 amide bonds. The lowest BCUT2D eigenvalue weighted by Crippen LogP contribution is -2.18. The lowest BCUT2D eigenvalue weighted by molar-refractivity contribution is 0.101. The molecule has 2 heterocycles.